The summed E-state index contributed by atoms with van der Waals surface area (Å²) in [4.78, 5) is 6.76. The molecule has 0 spiro atoms. The molecule has 3 rings (SSSR count). The van der Waals surface area contributed by atoms with Crippen LogP contribution >= 0.6 is 0 Å². The molecule has 1 saturated carbocycles. The molecule has 1 aliphatic carbocycles. The van der Waals surface area contributed by atoms with Crippen LogP contribution in [0.15, 0.2) is 12.3 Å². The molecule has 2 fully saturated rings. The number of aromatic nitrogens is 1. The summed E-state index contributed by atoms with van der Waals surface area (Å²) in [6.07, 6.45) is 5.25. The van der Waals surface area contributed by atoms with Gasteiger partial charge in [-0.05, 0) is 31.2 Å². The predicted molar refractivity (Wildman–Crippen MR) is 74.6 cm³/mol. The van der Waals surface area contributed by atoms with Gasteiger partial charge in [-0.25, -0.2) is 9.37 Å². The fourth-order valence-electron chi connectivity index (χ4n) is 3.36. The van der Waals surface area contributed by atoms with E-state index in [1.165, 1.54) is 25.5 Å². The van der Waals surface area contributed by atoms with Crippen LogP contribution in [-0.4, -0.2) is 23.6 Å². The number of anilines is 1. The van der Waals surface area contributed by atoms with E-state index in [1.807, 2.05) is 0 Å². The van der Waals surface area contributed by atoms with Gasteiger partial charge in [0.2, 0.25) is 0 Å². The van der Waals surface area contributed by atoms with Crippen molar-refractivity contribution in [3.63, 3.8) is 0 Å². The van der Waals surface area contributed by atoms with E-state index >= 15 is 0 Å². The van der Waals surface area contributed by atoms with Gasteiger partial charge in [-0.3, -0.25) is 0 Å². The van der Waals surface area contributed by atoms with E-state index in [2.05, 4.69) is 29.0 Å². The second kappa shape index (κ2) is 5.08. The SMILES string of the molecule is CC(C)NCc1cc(F)cnc1N1CC2CCC1C2. The third-order valence-electron chi connectivity index (χ3n) is 4.29. The number of nitrogens with one attached hydrogen (secondary N) is 1. The maximum atomic E-state index is 13.4. The van der Waals surface area contributed by atoms with Gasteiger partial charge in [-0.2, -0.15) is 0 Å². The van der Waals surface area contributed by atoms with Crippen LogP contribution in [0, 0.1) is 11.7 Å². The Morgan fingerprint density at radius 1 is 1.47 bits per heavy atom. The lowest BCUT2D eigenvalue weighted by Gasteiger charge is -2.30. The minimum atomic E-state index is -0.242. The number of pyridine rings is 1. The zero-order chi connectivity index (χ0) is 13.4. The van der Waals surface area contributed by atoms with Crippen LogP contribution in [-0.2, 0) is 6.54 Å². The van der Waals surface area contributed by atoms with Crippen LogP contribution in [0.4, 0.5) is 10.2 Å². The van der Waals surface area contributed by atoms with Crippen molar-refractivity contribution in [3.8, 4) is 0 Å². The molecule has 2 atom stereocenters. The van der Waals surface area contributed by atoms with Crippen molar-refractivity contribution in [1.29, 1.82) is 0 Å². The quantitative estimate of drug-likeness (QED) is 0.905. The Labute approximate surface area is 114 Å². The summed E-state index contributed by atoms with van der Waals surface area (Å²) in [5.74, 6) is 1.57. The maximum absolute atomic E-state index is 13.4. The Bertz CT molecular complexity index is 461. The van der Waals surface area contributed by atoms with Crippen molar-refractivity contribution in [2.75, 3.05) is 11.4 Å². The van der Waals surface area contributed by atoms with Gasteiger partial charge >= 0.3 is 0 Å². The second-order valence-electron chi connectivity index (χ2n) is 6.16. The van der Waals surface area contributed by atoms with Crippen LogP contribution in [0.1, 0.15) is 38.7 Å². The summed E-state index contributed by atoms with van der Waals surface area (Å²) in [5, 5.41) is 3.36. The summed E-state index contributed by atoms with van der Waals surface area (Å²) in [6, 6.07) is 2.65. The number of hydrogen-bond donors (Lipinski definition) is 1. The molecule has 2 unspecified atom stereocenters. The fourth-order valence-corrected chi connectivity index (χ4v) is 3.36. The highest BCUT2D eigenvalue weighted by molar-refractivity contribution is 5.49. The van der Waals surface area contributed by atoms with E-state index in [-0.39, 0.29) is 5.82 Å². The van der Waals surface area contributed by atoms with Crippen molar-refractivity contribution in [2.45, 2.75) is 51.7 Å². The first-order valence-electron chi connectivity index (χ1n) is 7.28. The van der Waals surface area contributed by atoms with Gasteiger partial charge in [0, 0.05) is 30.7 Å². The highest BCUT2D eigenvalue weighted by Crippen LogP contribution is 2.40. The van der Waals surface area contributed by atoms with Crippen LogP contribution in [0.25, 0.3) is 0 Å². The summed E-state index contributed by atoms with van der Waals surface area (Å²) in [7, 11) is 0. The van der Waals surface area contributed by atoms with E-state index in [4.69, 9.17) is 0 Å². The molecule has 104 valence electrons. The second-order valence-corrected chi connectivity index (χ2v) is 6.16. The van der Waals surface area contributed by atoms with Gasteiger partial charge in [0.25, 0.3) is 0 Å². The van der Waals surface area contributed by atoms with E-state index in [1.54, 1.807) is 6.07 Å². The summed E-state index contributed by atoms with van der Waals surface area (Å²) in [5.41, 5.74) is 0.987. The van der Waals surface area contributed by atoms with Crippen molar-refractivity contribution < 1.29 is 4.39 Å². The molecule has 1 saturated heterocycles. The van der Waals surface area contributed by atoms with E-state index in [0.29, 0.717) is 18.6 Å². The Hall–Kier alpha value is -1.16. The van der Waals surface area contributed by atoms with Crippen LogP contribution in [0.5, 0.6) is 0 Å². The first kappa shape index (κ1) is 12.9. The molecule has 1 aromatic heterocycles. The van der Waals surface area contributed by atoms with Gasteiger partial charge < -0.3 is 10.2 Å². The summed E-state index contributed by atoms with van der Waals surface area (Å²) >= 11 is 0. The predicted octanol–water partition coefficient (Wildman–Crippen LogP) is 2.71. The first-order valence-corrected chi connectivity index (χ1v) is 7.28. The Balaban J connectivity index is 1.83. The van der Waals surface area contributed by atoms with Gasteiger partial charge in [0.15, 0.2) is 0 Å². The average molecular weight is 263 g/mol. The average Bonchev–Trinajstić information content (AvgIpc) is 2.98. The van der Waals surface area contributed by atoms with Gasteiger partial charge in [0.05, 0.1) is 6.20 Å². The lowest BCUT2D eigenvalue weighted by atomic mass is 10.1. The molecule has 3 nitrogen and oxygen atoms in total. The summed E-state index contributed by atoms with van der Waals surface area (Å²) in [6.45, 7) is 5.98. The number of fused-ring (bicyclic) bond motifs is 2. The number of rotatable bonds is 4. The Kier molecular flexibility index (Phi) is 3.44. The van der Waals surface area contributed by atoms with E-state index in [0.717, 1.165) is 23.8 Å². The van der Waals surface area contributed by atoms with Crippen LogP contribution in [0.2, 0.25) is 0 Å². The molecular formula is C15H22FN3. The maximum Gasteiger partial charge on any atom is 0.141 e. The third-order valence-corrected chi connectivity index (χ3v) is 4.29. The minimum absolute atomic E-state index is 0.242. The van der Waals surface area contributed by atoms with E-state index < -0.39 is 0 Å². The Morgan fingerprint density at radius 3 is 2.95 bits per heavy atom. The molecule has 19 heavy (non-hydrogen) atoms. The molecule has 1 aliphatic heterocycles. The molecular weight excluding hydrogens is 241 g/mol. The molecule has 1 N–H and O–H groups in total. The lowest BCUT2D eigenvalue weighted by molar-refractivity contribution is 0.541. The normalized spacial score (nSPS) is 25.6. The zero-order valence-electron chi connectivity index (χ0n) is 11.7. The smallest absolute Gasteiger partial charge is 0.141 e. The number of hydrogen-bond acceptors (Lipinski definition) is 3. The van der Waals surface area contributed by atoms with Crippen molar-refractivity contribution >= 4 is 5.82 Å². The van der Waals surface area contributed by atoms with Crippen LogP contribution < -0.4 is 10.2 Å². The van der Waals surface area contributed by atoms with Crippen LogP contribution in [0.3, 0.4) is 0 Å². The molecule has 0 radical (unpaired) electrons. The first-order chi connectivity index (χ1) is 9.13. The monoisotopic (exact) mass is 263 g/mol. The standard InChI is InChI=1S/C15H22FN3/c1-10(2)17-7-12-6-13(16)8-18-15(12)19-9-11-3-4-14(19)5-11/h6,8,10-11,14,17H,3-5,7,9H2,1-2H3. The highest BCUT2D eigenvalue weighted by Gasteiger charge is 2.39. The minimum Gasteiger partial charge on any atom is -0.353 e. The molecule has 2 aliphatic rings. The number of nitrogens with zero attached hydrogens (tertiary/aromatic N) is 2. The summed E-state index contributed by atoms with van der Waals surface area (Å²) < 4.78 is 13.4. The number of halogens is 1. The van der Waals surface area contributed by atoms with Gasteiger partial charge in [0.1, 0.15) is 11.6 Å². The molecule has 1 aromatic rings. The van der Waals surface area contributed by atoms with Crippen molar-refractivity contribution in [2.24, 2.45) is 5.92 Å². The molecule has 4 heteroatoms. The molecule has 2 heterocycles. The largest absolute Gasteiger partial charge is 0.353 e. The Morgan fingerprint density at radius 2 is 2.32 bits per heavy atom. The lowest BCUT2D eigenvalue weighted by Crippen LogP contribution is -2.34. The third kappa shape index (κ3) is 2.59. The molecule has 0 amide bonds. The zero-order valence-corrected chi connectivity index (χ0v) is 11.7. The van der Waals surface area contributed by atoms with Gasteiger partial charge in [-0.15, -0.1) is 0 Å². The van der Waals surface area contributed by atoms with Crippen molar-refractivity contribution in [3.05, 3.63) is 23.6 Å². The number of piperidine rings is 1. The van der Waals surface area contributed by atoms with Gasteiger partial charge in [-0.1, -0.05) is 13.8 Å². The molecule has 0 aromatic carbocycles. The van der Waals surface area contributed by atoms with Crippen molar-refractivity contribution in [1.82, 2.24) is 10.3 Å². The topological polar surface area (TPSA) is 28.2 Å². The van der Waals surface area contributed by atoms with E-state index in [9.17, 15) is 4.39 Å². The highest BCUT2D eigenvalue weighted by atomic mass is 19.1. The fraction of sp³-hybridized carbons (Fsp3) is 0.667. The molecule has 2 bridgehead atoms.